The van der Waals surface area contributed by atoms with Crippen molar-refractivity contribution in [3.05, 3.63) is 47.0 Å². The molecule has 1 aromatic carbocycles. The number of nitrogens with zero attached hydrogens (tertiary/aromatic N) is 1. The number of hydrogen-bond donors (Lipinski definition) is 1. The van der Waals surface area contributed by atoms with Gasteiger partial charge in [0.2, 0.25) is 5.91 Å². The molecule has 0 radical (unpaired) electrons. The summed E-state index contributed by atoms with van der Waals surface area (Å²) in [7, 11) is 0. The molecule has 1 aliphatic heterocycles. The number of piperidine rings is 1. The highest BCUT2D eigenvalue weighted by Crippen LogP contribution is 2.35. The summed E-state index contributed by atoms with van der Waals surface area (Å²) < 4.78 is 0. The van der Waals surface area contributed by atoms with Crippen LogP contribution >= 0.6 is 0 Å². The maximum Gasteiger partial charge on any atom is 0.253 e. The maximum absolute atomic E-state index is 12.5. The second-order valence-corrected chi connectivity index (χ2v) is 7.10. The molecule has 1 aliphatic carbocycles. The Hall–Kier alpha value is -2.10. The van der Waals surface area contributed by atoms with Crippen molar-refractivity contribution in [3.63, 3.8) is 0 Å². The molecule has 4 heteroatoms. The van der Waals surface area contributed by atoms with Crippen molar-refractivity contribution in [1.82, 2.24) is 10.2 Å². The first kappa shape index (κ1) is 16.7. The number of hydrogen-bond acceptors (Lipinski definition) is 2. The summed E-state index contributed by atoms with van der Waals surface area (Å²) in [5.74, 6) is 0.733. The van der Waals surface area contributed by atoms with Gasteiger partial charge in [0.25, 0.3) is 5.91 Å². The van der Waals surface area contributed by atoms with Crippen LogP contribution in [-0.2, 0) is 4.79 Å². The summed E-state index contributed by atoms with van der Waals surface area (Å²) in [6, 6.07) is 7.88. The van der Waals surface area contributed by atoms with Gasteiger partial charge in [-0.2, -0.15) is 0 Å². The molecular weight excluding hydrogens is 300 g/mol. The molecule has 3 rings (SSSR count). The number of amides is 2. The molecule has 4 nitrogen and oxygen atoms in total. The van der Waals surface area contributed by atoms with Crippen molar-refractivity contribution in [1.29, 1.82) is 0 Å². The van der Waals surface area contributed by atoms with Crippen molar-refractivity contribution in [3.8, 4) is 0 Å². The number of benzene rings is 1. The third-order valence-corrected chi connectivity index (χ3v) is 5.01. The first-order chi connectivity index (χ1) is 11.5. The molecule has 1 saturated heterocycles. The fourth-order valence-electron chi connectivity index (χ4n) is 3.21. The lowest BCUT2D eigenvalue weighted by atomic mass is 10.0. The summed E-state index contributed by atoms with van der Waals surface area (Å²) in [5.41, 5.74) is 3.09. The van der Waals surface area contributed by atoms with Crippen LogP contribution in [0.3, 0.4) is 0 Å². The minimum atomic E-state index is 0.0164. The molecule has 0 bridgehead atoms. The van der Waals surface area contributed by atoms with Crippen molar-refractivity contribution >= 4 is 11.8 Å². The Bertz CT molecular complexity index is 636. The first-order valence-electron chi connectivity index (χ1n) is 8.87. The summed E-state index contributed by atoms with van der Waals surface area (Å²) in [6.07, 6.45) is 5.82. The molecule has 128 valence electrons. The van der Waals surface area contributed by atoms with Gasteiger partial charge in [0, 0.05) is 30.8 Å². The number of nitrogens with one attached hydrogen (secondary N) is 1. The van der Waals surface area contributed by atoms with E-state index < -0.39 is 0 Å². The first-order valence-corrected chi connectivity index (χ1v) is 8.87. The minimum absolute atomic E-state index is 0.0164. The Kier molecular flexibility index (Phi) is 5.03. The van der Waals surface area contributed by atoms with Crippen LogP contribution in [0.2, 0.25) is 0 Å². The third kappa shape index (κ3) is 4.25. The van der Waals surface area contributed by atoms with Gasteiger partial charge in [-0.1, -0.05) is 23.3 Å². The van der Waals surface area contributed by atoms with Gasteiger partial charge in [0.15, 0.2) is 0 Å². The fourth-order valence-corrected chi connectivity index (χ4v) is 3.21. The van der Waals surface area contributed by atoms with Crippen molar-refractivity contribution in [2.45, 2.75) is 45.6 Å². The Morgan fingerprint density at radius 2 is 1.71 bits per heavy atom. The average molecular weight is 326 g/mol. The average Bonchev–Trinajstić information content (AvgIpc) is 3.40. The van der Waals surface area contributed by atoms with Gasteiger partial charge in [0.1, 0.15) is 0 Å². The van der Waals surface area contributed by atoms with Crippen molar-refractivity contribution < 1.29 is 9.59 Å². The molecule has 1 N–H and O–H groups in total. The van der Waals surface area contributed by atoms with Crippen LogP contribution < -0.4 is 5.32 Å². The molecule has 0 atom stereocenters. The van der Waals surface area contributed by atoms with Crippen LogP contribution in [0.15, 0.2) is 35.9 Å². The summed E-state index contributed by atoms with van der Waals surface area (Å²) in [6.45, 7) is 5.45. The lowest BCUT2D eigenvalue weighted by Crippen LogP contribution is -2.46. The Labute approximate surface area is 143 Å². The van der Waals surface area contributed by atoms with Gasteiger partial charge in [0.05, 0.1) is 0 Å². The van der Waals surface area contributed by atoms with Gasteiger partial charge in [-0.05, 0) is 57.6 Å². The molecule has 2 fully saturated rings. The zero-order valence-electron chi connectivity index (χ0n) is 14.5. The van der Waals surface area contributed by atoms with Crippen LogP contribution in [0, 0.1) is 12.8 Å². The predicted octanol–water partition coefficient (Wildman–Crippen LogP) is 3.07. The number of rotatable bonds is 4. The van der Waals surface area contributed by atoms with Gasteiger partial charge >= 0.3 is 0 Å². The highest BCUT2D eigenvalue weighted by atomic mass is 16.2. The van der Waals surface area contributed by atoms with Crippen LogP contribution in [0.4, 0.5) is 0 Å². The van der Waals surface area contributed by atoms with E-state index in [0.717, 1.165) is 24.0 Å². The van der Waals surface area contributed by atoms with E-state index in [4.69, 9.17) is 0 Å². The Morgan fingerprint density at radius 1 is 1.08 bits per heavy atom. The Balaban J connectivity index is 1.48. The minimum Gasteiger partial charge on any atom is -0.350 e. The predicted molar refractivity (Wildman–Crippen MR) is 94.7 cm³/mol. The van der Waals surface area contributed by atoms with Gasteiger partial charge in [-0.15, -0.1) is 0 Å². The van der Waals surface area contributed by atoms with Gasteiger partial charge in [-0.3, -0.25) is 9.59 Å². The molecule has 0 spiro atoms. The van der Waals surface area contributed by atoms with Crippen LogP contribution in [0.25, 0.3) is 0 Å². The molecule has 1 heterocycles. The number of allylic oxidation sites excluding steroid dienone is 1. The lowest BCUT2D eigenvalue weighted by Gasteiger charge is -2.32. The van der Waals surface area contributed by atoms with Crippen LogP contribution in [-0.4, -0.2) is 35.8 Å². The monoisotopic (exact) mass is 326 g/mol. The fraction of sp³-hybridized carbons (Fsp3) is 0.500. The smallest absolute Gasteiger partial charge is 0.253 e. The molecular formula is C20H26N2O2. The highest BCUT2D eigenvalue weighted by Gasteiger charge is 2.26. The summed E-state index contributed by atoms with van der Waals surface area (Å²) in [4.78, 5) is 26.4. The second-order valence-electron chi connectivity index (χ2n) is 7.10. The molecule has 1 saturated carbocycles. The van der Waals surface area contributed by atoms with E-state index in [1.54, 1.807) is 6.08 Å². The molecule has 2 amide bonds. The van der Waals surface area contributed by atoms with Crippen LogP contribution in [0.1, 0.15) is 48.5 Å². The molecule has 24 heavy (non-hydrogen) atoms. The van der Waals surface area contributed by atoms with E-state index >= 15 is 0 Å². The van der Waals surface area contributed by atoms with E-state index in [0.29, 0.717) is 19.0 Å². The van der Waals surface area contributed by atoms with E-state index in [-0.39, 0.29) is 17.9 Å². The molecule has 1 aromatic rings. The van der Waals surface area contributed by atoms with Crippen molar-refractivity contribution in [2.75, 3.05) is 13.1 Å². The standard InChI is InChI=1S/C20H26N2O2/c1-14-3-5-17(6-4-14)20(24)22-11-9-18(10-12-22)21-19(23)13-15(2)16-7-8-16/h3-6,13,16,18H,7-12H2,1-2H3,(H,21,23)/b15-13+. The van der Waals surface area contributed by atoms with E-state index in [9.17, 15) is 9.59 Å². The van der Waals surface area contributed by atoms with Crippen molar-refractivity contribution in [2.24, 2.45) is 5.92 Å². The second kappa shape index (κ2) is 7.20. The van der Waals surface area contributed by atoms with Gasteiger partial charge in [-0.25, -0.2) is 0 Å². The SMILES string of the molecule is C/C(=C\C(=O)NC1CCN(C(=O)c2ccc(C)cc2)CC1)C1CC1. The quantitative estimate of drug-likeness (QED) is 0.865. The summed E-state index contributed by atoms with van der Waals surface area (Å²) >= 11 is 0. The number of aryl methyl sites for hydroxylation is 1. The molecule has 0 aromatic heterocycles. The number of carbonyl (C=O) groups is 2. The topological polar surface area (TPSA) is 49.4 Å². The van der Waals surface area contributed by atoms with Crippen LogP contribution in [0.5, 0.6) is 0 Å². The maximum atomic E-state index is 12.5. The largest absolute Gasteiger partial charge is 0.350 e. The zero-order chi connectivity index (χ0) is 17.1. The van der Waals surface area contributed by atoms with E-state index in [1.165, 1.54) is 18.4 Å². The van der Waals surface area contributed by atoms with E-state index in [2.05, 4.69) is 5.32 Å². The number of carbonyl (C=O) groups excluding carboxylic acids is 2. The normalized spacial score (nSPS) is 19.2. The van der Waals surface area contributed by atoms with E-state index in [1.807, 2.05) is 43.0 Å². The summed E-state index contributed by atoms with van der Waals surface area (Å²) in [5, 5.41) is 3.09. The van der Waals surface area contributed by atoms with Gasteiger partial charge < -0.3 is 10.2 Å². The number of likely N-dealkylation sites (tertiary alicyclic amines) is 1. The highest BCUT2D eigenvalue weighted by molar-refractivity contribution is 5.94. The third-order valence-electron chi connectivity index (χ3n) is 5.01. The Morgan fingerprint density at radius 3 is 2.29 bits per heavy atom. The lowest BCUT2D eigenvalue weighted by molar-refractivity contribution is -0.117. The molecule has 0 unspecified atom stereocenters. The zero-order valence-corrected chi connectivity index (χ0v) is 14.5. The molecule has 2 aliphatic rings.